The lowest BCUT2D eigenvalue weighted by atomic mass is 10.4. The number of carboxylic acid groups (broad SMARTS) is 1. The van der Waals surface area contributed by atoms with Gasteiger partial charge in [0.05, 0.1) is 17.4 Å². The summed E-state index contributed by atoms with van der Waals surface area (Å²) in [4.78, 5) is 19.3. The van der Waals surface area contributed by atoms with Gasteiger partial charge < -0.3 is 5.11 Å². The maximum absolute atomic E-state index is 10.7. The van der Waals surface area contributed by atoms with E-state index in [0.29, 0.717) is 10.0 Å². The maximum atomic E-state index is 10.7. The Morgan fingerprint density at radius 3 is 2.76 bits per heavy atom. The maximum Gasteiger partial charge on any atom is 0.356 e. The van der Waals surface area contributed by atoms with Crippen LogP contribution in [-0.2, 0) is 0 Å². The molecule has 0 unspecified atom stereocenters. The van der Waals surface area contributed by atoms with Gasteiger partial charge in [-0.1, -0.05) is 35.5 Å². The molecule has 1 heterocycles. The average Bonchev–Trinajstić information content (AvgIpc) is 2.32. The Kier molecular flexibility index (Phi) is 3.61. The van der Waals surface area contributed by atoms with Crippen LogP contribution in [-0.4, -0.2) is 21.0 Å². The first kappa shape index (κ1) is 11.9. The van der Waals surface area contributed by atoms with E-state index in [1.165, 1.54) is 24.2 Å². The molecule has 1 aromatic carbocycles. The topological polar surface area (TPSA) is 63.1 Å². The molecule has 2 aromatic rings. The third-order valence-electron chi connectivity index (χ3n) is 1.88. The Morgan fingerprint density at radius 1 is 1.29 bits per heavy atom. The van der Waals surface area contributed by atoms with Gasteiger partial charge >= 0.3 is 5.97 Å². The van der Waals surface area contributed by atoms with E-state index in [0.717, 1.165) is 4.90 Å². The van der Waals surface area contributed by atoms with Crippen LogP contribution in [0.3, 0.4) is 0 Å². The minimum Gasteiger partial charge on any atom is -0.476 e. The van der Waals surface area contributed by atoms with Gasteiger partial charge in [0.15, 0.2) is 5.69 Å². The first-order valence-corrected chi connectivity index (χ1v) is 5.84. The minimum absolute atomic E-state index is 0.0814. The second-order valence-electron chi connectivity index (χ2n) is 3.08. The second-order valence-corrected chi connectivity index (χ2v) is 4.55. The van der Waals surface area contributed by atoms with Crippen LogP contribution in [0.4, 0.5) is 0 Å². The van der Waals surface area contributed by atoms with Gasteiger partial charge in [-0.3, -0.25) is 4.98 Å². The van der Waals surface area contributed by atoms with Gasteiger partial charge in [0, 0.05) is 4.90 Å². The number of halogens is 1. The summed E-state index contributed by atoms with van der Waals surface area (Å²) in [6.07, 6.45) is 2.71. The van der Waals surface area contributed by atoms with Gasteiger partial charge in [-0.25, -0.2) is 9.78 Å². The molecule has 0 spiro atoms. The molecule has 0 radical (unpaired) electrons. The van der Waals surface area contributed by atoms with Crippen LogP contribution in [0.15, 0.2) is 46.6 Å². The molecule has 0 fully saturated rings. The largest absolute Gasteiger partial charge is 0.476 e. The normalized spacial score (nSPS) is 10.2. The Hall–Kier alpha value is -1.59. The quantitative estimate of drug-likeness (QED) is 0.925. The van der Waals surface area contributed by atoms with E-state index in [2.05, 4.69) is 9.97 Å². The summed E-state index contributed by atoms with van der Waals surface area (Å²) in [7, 11) is 0. The monoisotopic (exact) mass is 266 g/mol. The highest BCUT2D eigenvalue weighted by atomic mass is 35.5. The van der Waals surface area contributed by atoms with E-state index in [-0.39, 0.29) is 5.69 Å². The fraction of sp³-hybridized carbons (Fsp3) is 0. The number of rotatable bonds is 3. The zero-order valence-corrected chi connectivity index (χ0v) is 10.1. The molecule has 0 amide bonds. The van der Waals surface area contributed by atoms with E-state index in [9.17, 15) is 4.79 Å². The van der Waals surface area contributed by atoms with Gasteiger partial charge in [-0.15, -0.1) is 0 Å². The first-order valence-electron chi connectivity index (χ1n) is 4.64. The molecular formula is C11H7ClN2O2S. The Labute approximate surface area is 107 Å². The van der Waals surface area contributed by atoms with E-state index >= 15 is 0 Å². The molecule has 17 heavy (non-hydrogen) atoms. The van der Waals surface area contributed by atoms with Crippen molar-refractivity contribution in [1.82, 2.24) is 9.97 Å². The number of aromatic nitrogens is 2. The molecule has 0 aliphatic heterocycles. The highest BCUT2D eigenvalue weighted by Crippen LogP contribution is 2.31. The van der Waals surface area contributed by atoms with Crippen LogP contribution in [0.5, 0.6) is 0 Å². The average molecular weight is 267 g/mol. The SMILES string of the molecule is O=C(O)c1cncc(Sc2ccccc2Cl)n1. The van der Waals surface area contributed by atoms with Crippen molar-refractivity contribution < 1.29 is 9.90 Å². The second kappa shape index (κ2) is 5.16. The van der Waals surface area contributed by atoms with E-state index in [4.69, 9.17) is 16.7 Å². The van der Waals surface area contributed by atoms with Crippen LogP contribution in [0, 0.1) is 0 Å². The predicted molar refractivity (Wildman–Crippen MR) is 64.6 cm³/mol. The first-order chi connectivity index (χ1) is 8.16. The third kappa shape index (κ3) is 2.95. The number of aromatic carboxylic acids is 1. The summed E-state index contributed by atoms with van der Waals surface area (Å²) in [5.41, 5.74) is -0.0814. The zero-order valence-electron chi connectivity index (χ0n) is 8.50. The van der Waals surface area contributed by atoms with Crippen molar-refractivity contribution in [3.63, 3.8) is 0 Å². The molecule has 86 valence electrons. The van der Waals surface area contributed by atoms with Crippen molar-refractivity contribution in [3.05, 3.63) is 47.4 Å². The summed E-state index contributed by atoms with van der Waals surface area (Å²) < 4.78 is 0. The number of hydrogen-bond donors (Lipinski definition) is 1. The van der Waals surface area contributed by atoms with Crippen LogP contribution in [0.25, 0.3) is 0 Å². The van der Waals surface area contributed by atoms with Crippen molar-refractivity contribution >= 4 is 29.3 Å². The Balaban J connectivity index is 2.28. The summed E-state index contributed by atoms with van der Waals surface area (Å²) in [5, 5.41) is 9.89. The van der Waals surface area contributed by atoms with Crippen LogP contribution >= 0.6 is 23.4 Å². The van der Waals surface area contributed by atoms with Crippen molar-refractivity contribution in [2.75, 3.05) is 0 Å². The fourth-order valence-corrected chi connectivity index (χ4v) is 2.19. The molecule has 0 aliphatic carbocycles. The number of carboxylic acids is 1. The Morgan fingerprint density at radius 2 is 2.06 bits per heavy atom. The predicted octanol–water partition coefficient (Wildman–Crippen LogP) is 2.98. The molecule has 0 atom stereocenters. The van der Waals surface area contributed by atoms with Crippen molar-refractivity contribution in [3.8, 4) is 0 Å². The standard InChI is InChI=1S/C11H7ClN2O2S/c12-7-3-1-2-4-9(7)17-10-6-13-5-8(14-10)11(15)16/h1-6H,(H,15,16). The van der Waals surface area contributed by atoms with Gasteiger partial charge in [-0.2, -0.15) is 0 Å². The minimum atomic E-state index is -1.10. The van der Waals surface area contributed by atoms with Crippen molar-refractivity contribution in [2.24, 2.45) is 0 Å². The van der Waals surface area contributed by atoms with Gasteiger partial charge in [0.2, 0.25) is 0 Å². The highest BCUT2D eigenvalue weighted by molar-refractivity contribution is 7.99. The lowest BCUT2D eigenvalue weighted by Gasteiger charge is -2.03. The molecule has 4 nitrogen and oxygen atoms in total. The van der Waals surface area contributed by atoms with Crippen LogP contribution < -0.4 is 0 Å². The van der Waals surface area contributed by atoms with Gasteiger partial charge in [-0.05, 0) is 12.1 Å². The van der Waals surface area contributed by atoms with Crippen LogP contribution in [0.2, 0.25) is 5.02 Å². The Bertz CT molecular complexity index is 563. The van der Waals surface area contributed by atoms with Gasteiger partial charge in [0.25, 0.3) is 0 Å². The van der Waals surface area contributed by atoms with Crippen molar-refractivity contribution in [2.45, 2.75) is 9.92 Å². The smallest absolute Gasteiger partial charge is 0.356 e. The molecule has 0 aliphatic rings. The lowest BCUT2D eigenvalue weighted by molar-refractivity contribution is 0.0689. The molecule has 0 bridgehead atoms. The molecule has 0 saturated heterocycles. The molecular weight excluding hydrogens is 260 g/mol. The zero-order chi connectivity index (χ0) is 12.3. The lowest BCUT2D eigenvalue weighted by Crippen LogP contribution is -2.01. The summed E-state index contributed by atoms with van der Waals surface area (Å²) in [6, 6.07) is 7.27. The summed E-state index contributed by atoms with van der Waals surface area (Å²) in [5.74, 6) is -1.10. The third-order valence-corrected chi connectivity index (χ3v) is 3.31. The molecule has 1 aromatic heterocycles. The van der Waals surface area contributed by atoms with E-state index in [1.807, 2.05) is 18.2 Å². The number of benzene rings is 1. The van der Waals surface area contributed by atoms with Crippen LogP contribution in [0.1, 0.15) is 10.5 Å². The summed E-state index contributed by atoms with van der Waals surface area (Å²) in [6.45, 7) is 0. The molecule has 2 rings (SSSR count). The summed E-state index contributed by atoms with van der Waals surface area (Å²) >= 11 is 7.27. The van der Waals surface area contributed by atoms with Crippen molar-refractivity contribution in [1.29, 1.82) is 0 Å². The van der Waals surface area contributed by atoms with Gasteiger partial charge in [0.1, 0.15) is 5.03 Å². The number of nitrogens with zero attached hydrogens (tertiary/aromatic N) is 2. The number of hydrogen-bond acceptors (Lipinski definition) is 4. The molecule has 0 saturated carbocycles. The van der Waals surface area contributed by atoms with E-state index in [1.54, 1.807) is 6.07 Å². The fourth-order valence-electron chi connectivity index (χ4n) is 1.14. The molecule has 1 N–H and O–H groups in total. The molecule has 6 heteroatoms. The highest BCUT2D eigenvalue weighted by Gasteiger charge is 2.08. The van der Waals surface area contributed by atoms with E-state index < -0.39 is 5.97 Å². The number of carbonyl (C=O) groups is 1.